The lowest BCUT2D eigenvalue weighted by molar-refractivity contribution is 0.138. The van der Waals surface area contributed by atoms with Crippen LogP contribution >= 0.6 is 0 Å². The highest BCUT2D eigenvalue weighted by Gasteiger charge is 2.29. The van der Waals surface area contributed by atoms with Crippen LogP contribution in [0.2, 0.25) is 0 Å². The lowest BCUT2D eigenvalue weighted by atomic mass is 9.96. The summed E-state index contributed by atoms with van der Waals surface area (Å²) in [5, 5.41) is 10.1. The fraction of sp³-hybridized carbons (Fsp3) is 0.727. The van der Waals surface area contributed by atoms with Crippen LogP contribution in [0.3, 0.4) is 0 Å². The van der Waals surface area contributed by atoms with Gasteiger partial charge in [0.2, 0.25) is 0 Å². The van der Waals surface area contributed by atoms with E-state index in [1.54, 1.807) is 0 Å². The predicted octanol–water partition coefficient (Wildman–Crippen LogP) is 1.68. The van der Waals surface area contributed by atoms with Gasteiger partial charge in [-0.3, -0.25) is 5.41 Å². The second kappa shape index (κ2) is 6.83. The van der Waals surface area contributed by atoms with Crippen LogP contribution in [0.5, 0.6) is 0 Å². The SMILES string of the molecule is COC(=N)N(C(=O)NC1CCCCC1)C(=O)OC. The molecular formula is C11H19N3O4. The maximum absolute atomic E-state index is 11.9. The number of methoxy groups -OCH3 is 2. The highest BCUT2D eigenvalue weighted by Crippen LogP contribution is 2.17. The Bertz CT molecular complexity index is 310. The van der Waals surface area contributed by atoms with Gasteiger partial charge < -0.3 is 14.8 Å². The van der Waals surface area contributed by atoms with Crippen molar-refractivity contribution in [2.75, 3.05) is 14.2 Å². The van der Waals surface area contributed by atoms with E-state index < -0.39 is 18.1 Å². The number of carbonyl (C=O) groups is 2. The zero-order chi connectivity index (χ0) is 13.5. The molecule has 3 amide bonds. The molecule has 0 heterocycles. The van der Waals surface area contributed by atoms with Crippen LogP contribution in [-0.2, 0) is 9.47 Å². The summed E-state index contributed by atoms with van der Waals surface area (Å²) < 4.78 is 9.04. The Morgan fingerprint density at radius 1 is 1.17 bits per heavy atom. The first-order valence-electron chi connectivity index (χ1n) is 5.91. The van der Waals surface area contributed by atoms with Gasteiger partial charge in [-0.15, -0.1) is 4.90 Å². The van der Waals surface area contributed by atoms with Crippen molar-refractivity contribution in [2.24, 2.45) is 0 Å². The van der Waals surface area contributed by atoms with E-state index in [1.165, 1.54) is 13.5 Å². The Kier molecular flexibility index (Phi) is 5.41. The second-order valence-electron chi connectivity index (χ2n) is 4.10. The molecule has 7 heteroatoms. The number of nitrogens with zero attached hydrogens (tertiary/aromatic N) is 1. The van der Waals surface area contributed by atoms with Crippen molar-refractivity contribution in [1.29, 1.82) is 5.41 Å². The maximum Gasteiger partial charge on any atom is 0.426 e. The fourth-order valence-corrected chi connectivity index (χ4v) is 1.93. The third kappa shape index (κ3) is 3.61. The first kappa shape index (κ1) is 14.3. The highest BCUT2D eigenvalue weighted by atomic mass is 16.6. The smallest absolute Gasteiger partial charge is 0.426 e. The Morgan fingerprint density at radius 3 is 2.28 bits per heavy atom. The van der Waals surface area contributed by atoms with Crippen molar-refractivity contribution in [3.63, 3.8) is 0 Å². The molecule has 1 fully saturated rings. The molecule has 0 atom stereocenters. The van der Waals surface area contributed by atoms with E-state index in [0.29, 0.717) is 4.90 Å². The summed E-state index contributed by atoms with van der Waals surface area (Å²) in [6.07, 6.45) is 4.13. The molecule has 0 spiro atoms. The molecule has 0 aromatic heterocycles. The van der Waals surface area contributed by atoms with Gasteiger partial charge in [0.15, 0.2) is 0 Å². The summed E-state index contributed by atoms with van der Waals surface area (Å²) in [4.78, 5) is 23.9. The molecule has 102 valence electrons. The Labute approximate surface area is 106 Å². The van der Waals surface area contributed by atoms with Gasteiger partial charge in [-0.1, -0.05) is 19.3 Å². The summed E-state index contributed by atoms with van der Waals surface area (Å²) in [5.41, 5.74) is 0. The zero-order valence-electron chi connectivity index (χ0n) is 10.7. The molecule has 0 saturated heterocycles. The van der Waals surface area contributed by atoms with Crippen molar-refractivity contribution >= 4 is 18.1 Å². The largest absolute Gasteiger partial charge is 0.468 e. The lowest BCUT2D eigenvalue weighted by Crippen LogP contribution is -2.50. The molecule has 1 aliphatic rings. The molecular weight excluding hydrogens is 238 g/mol. The molecule has 0 aliphatic heterocycles. The van der Waals surface area contributed by atoms with Crippen LogP contribution in [0.25, 0.3) is 0 Å². The van der Waals surface area contributed by atoms with Gasteiger partial charge in [0.05, 0.1) is 14.2 Å². The predicted molar refractivity (Wildman–Crippen MR) is 64.4 cm³/mol. The average Bonchev–Trinajstić information content (AvgIpc) is 2.39. The molecule has 7 nitrogen and oxygen atoms in total. The molecule has 1 saturated carbocycles. The number of amidine groups is 1. The van der Waals surface area contributed by atoms with E-state index in [4.69, 9.17) is 5.41 Å². The Hall–Kier alpha value is -1.79. The highest BCUT2D eigenvalue weighted by molar-refractivity contribution is 6.06. The number of hydrogen-bond acceptors (Lipinski definition) is 5. The molecule has 0 radical (unpaired) electrons. The number of rotatable bonds is 1. The monoisotopic (exact) mass is 257 g/mol. The number of carbonyl (C=O) groups excluding carboxylic acids is 2. The molecule has 1 rings (SSSR count). The molecule has 0 unspecified atom stereocenters. The van der Waals surface area contributed by atoms with Gasteiger partial charge in [-0.05, 0) is 12.8 Å². The first-order chi connectivity index (χ1) is 8.60. The van der Waals surface area contributed by atoms with Gasteiger partial charge in [0.25, 0.3) is 0 Å². The molecule has 0 aromatic carbocycles. The van der Waals surface area contributed by atoms with Crippen LogP contribution in [0, 0.1) is 5.41 Å². The first-order valence-corrected chi connectivity index (χ1v) is 5.91. The zero-order valence-corrected chi connectivity index (χ0v) is 10.7. The van der Waals surface area contributed by atoms with Gasteiger partial charge in [0.1, 0.15) is 0 Å². The fourth-order valence-electron chi connectivity index (χ4n) is 1.93. The number of hydrogen-bond donors (Lipinski definition) is 2. The van der Waals surface area contributed by atoms with Crippen molar-refractivity contribution in [1.82, 2.24) is 10.2 Å². The summed E-state index contributed by atoms with van der Waals surface area (Å²) in [6.45, 7) is 0. The number of nitrogens with one attached hydrogen (secondary N) is 2. The van der Waals surface area contributed by atoms with Gasteiger partial charge >= 0.3 is 18.1 Å². The third-order valence-corrected chi connectivity index (χ3v) is 2.89. The van der Waals surface area contributed by atoms with Crippen LogP contribution < -0.4 is 5.32 Å². The van der Waals surface area contributed by atoms with Crippen molar-refractivity contribution < 1.29 is 19.1 Å². The van der Waals surface area contributed by atoms with Crippen LogP contribution in [0.1, 0.15) is 32.1 Å². The van der Waals surface area contributed by atoms with E-state index in [9.17, 15) is 9.59 Å². The average molecular weight is 257 g/mol. The number of ether oxygens (including phenoxy) is 2. The van der Waals surface area contributed by atoms with E-state index in [1.807, 2.05) is 0 Å². The summed E-state index contributed by atoms with van der Waals surface area (Å²) in [7, 11) is 2.36. The molecule has 2 N–H and O–H groups in total. The molecule has 0 bridgehead atoms. The Morgan fingerprint density at radius 2 is 1.78 bits per heavy atom. The molecule has 0 aromatic rings. The third-order valence-electron chi connectivity index (χ3n) is 2.89. The standard InChI is InChI=1S/C11H19N3O4/c1-17-9(12)14(11(16)18-2)10(15)13-8-6-4-3-5-7-8/h8,12H,3-7H2,1-2H3,(H,13,15). The van der Waals surface area contributed by atoms with Gasteiger partial charge in [0, 0.05) is 6.04 Å². The van der Waals surface area contributed by atoms with Crippen molar-refractivity contribution in [2.45, 2.75) is 38.1 Å². The van der Waals surface area contributed by atoms with E-state index in [2.05, 4.69) is 14.8 Å². The minimum atomic E-state index is -0.935. The van der Waals surface area contributed by atoms with Gasteiger partial charge in [-0.2, -0.15) is 0 Å². The number of imide groups is 1. The minimum Gasteiger partial charge on any atom is -0.468 e. The van der Waals surface area contributed by atoms with Crippen LogP contribution in [-0.4, -0.2) is 43.3 Å². The normalized spacial score (nSPS) is 15.7. The van der Waals surface area contributed by atoms with Crippen LogP contribution in [0.15, 0.2) is 0 Å². The topological polar surface area (TPSA) is 91.7 Å². The maximum atomic E-state index is 11.9. The summed E-state index contributed by atoms with van der Waals surface area (Å²) >= 11 is 0. The quantitative estimate of drug-likeness (QED) is 0.552. The number of amides is 3. The van der Waals surface area contributed by atoms with E-state index >= 15 is 0 Å². The second-order valence-corrected chi connectivity index (χ2v) is 4.10. The minimum absolute atomic E-state index is 0.0445. The van der Waals surface area contributed by atoms with E-state index in [0.717, 1.165) is 32.8 Å². The molecule has 18 heavy (non-hydrogen) atoms. The lowest BCUT2D eigenvalue weighted by Gasteiger charge is -2.25. The number of urea groups is 1. The Balaban J connectivity index is 2.63. The van der Waals surface area contributed by atoms with Crippen molar-refractivity contribution in [3.8, 4) is 0 Å². The van der Waals surface area contributed by atoms with Crippen LogP contribution in [0.4, 0.5) is 9.59 Å². The van der Waals surface area contributed by atoms with E-state index in [-0.39, 0.29) is 6.04 Å². The summed E-state index contributed by atoms with van der Waals surface area (Å²) in [6, 6.07) is -1.20. The van der Waals surface area contributed by atoms with Crippen molar-refractivity contribution in [3.05, 3.63) is 0 Å². The van der Waals surface area contributed by atoms with Gasteiger partial charge in [-0.25, -0.2) is 9.59 Å². The summed E-state index contributed by atoms with van der Waals surface area (Å²) in [5.74, 6) is 0. The molecule has 1 aliphatic carbocycles.